The fraction of sp³-hybridized carbons (Fsp3) is 0.357. The second-order valence-electron chi connectivity index (χ2n) is 4.85. The van der Waals surface area contributed by atoms with E-state index in [-0.39, 0.29) is 11.4 Å². The Hall–Kier alpha value is -1.77. The largest absolute Gasteiger partial charge is 0.497 e. The molecule has 0 aliphatic heterocycles. The van der Waals surface area contributed by atoms with Crippen LogP contribution in [0.25, 0.3) is 6.08 Å². The van der Waals surface area contributed by atoms with Gasteiger partial charge in [-0.2, -0.15) is 0 Å². The van der Waals surface area contributed by atoms with Gasteiger partial charge in [-0.15, -0.1) is 0 Å². The molecule has 0 saturated carbocycles. The van der Waals surface area contributed by atoms with Crippen LogP contribution in [0.4, 0.5) is 0 Å². The highest BCUT2D eigenvalue weighted by atomic mass is 16.5. The van der Waals surface area contributed by atoms with Gasteiger partial charge in [-0.25, -0.2) is 0 Å². The van der Waals surface area contributed by atoms with Gasteiger partial charge in [0.05, 0.1) is 7.11 Å². The Morgan fingerprint density at radius 3 is 2.65 bits per heavy atom. The zero-order chi connectivity index (χ0) is 12.9. The van der Waals surface area contributed by atoms with Crippen LogP contribution in [0.5, 0.6) is 5.75 Å². The van der Waals surface area contributed by atoms with Crippen molar-refractivity contribution in [2.45, 2.75) is 26.3 Å². The number of amides is 1. The summed E-state index contributed by atoms with van der Waals surface area (Å²) in [6.45, 7) is 5.85. The molecular formula is C14H19NO2. The first kappa shape index (κ1) is 13.3. The van der Waals surface area contributed by atoms with E-state index in [4.69, 9.17) is 4.74 Å². The van der Waals surface area contributed by atoms with Gasteiger partial charge in [0.15, 0.2) is 0 Å². The second kappa shape index (κ2) is 5.53. The SMILES string of the molecule is COc1cccc(/C=C/C(=O)NC(C)(C)C)c1. The Morgan fingerprint density at radius 2 is 2.06 bits per heavy atom. The Bertz CT molecular complexity index is 416. The maximum atomic E-state index is 11.6. The van der Waals surface area contributed by atoms with Crippen molar-refractivity contribution in [1.29, 1.82) is 0 Å². The number of hydrogen-bond acceptors (Lipinski definition) is 2. The molecule has 0 aliphatic rings. The van der Waals surface area contributed by atoms with E-state index in [9.17, 15) is 4.79 Å². The lowest BCUT2D eigenvalue weighted by Gasteiger charge is -2.18. The average Bonchev–Trinajstić information content (AvgIpc) is 2.24. The van der Waals surface area contributed by atoms with E-state index in [0.29, 0.717) is 0 Å². The van der Waals surface area contributed by atoms with Crippen LogP contribution in [0.3, 0.4) is 0 Å². The summed E-state index contributed by atoms with van der Waals surface area (Å²) in [6.07, 6.45) is 3.30. The fourth-order valence-electron chi connectivity index (χ4n) is 1.33. The van der Waals surface area contributed by atoms with E-state index >= 15 is 0 Å². The monoisotopic (exact) mass is 233 g/mol. The van der Waals surface area contributed by atoms with Gasteiger partial charge in [-0.05, 0) is 44.5 Å². The van der Waals surface area contributed by atoms with Crippen LogP contribution >= 0.6 is 0 Å². The highest BCUT2D eigenvalue weighted by Gasteiger charge is 2.10. The molecule has 0 spiro atoms. The van der Waals surface area contributed by atoms with Gasteiger partial charge < -0.3 is 10.1 Å². The first-order valence-electron chi connectivity index (χ1n) is 5.55. The van der Waals surface area contributed by atoms with Gasteiger partial charge in [0.2, 0.25) is 5.91 Å². The van der Waals surface area contributed by atoms with E-state index in [1.165, 1.54) is 6.08 Å². The Kier molecular flexibility index (Phi) is 4.32. The Morgan fingerprint density at radius 1 is 1.35 bits per heavy atom. The number of carbonyl (C=O) groups excluding carboxylic acids is 1. The van der Waals surface area contributed by atoms with Gasteiger partial charge >= 0.3 is 0 Å². The van der Waals surface area contributed by atoms with Crippen molar-refractivity contribution in [3.8, 4) is 5.75 Å². The summed E-state index contributed by atoms with van der Waals surface area (Å²) in [4.78, 5) is 11.6. The first-order valence-corrected chi connectivity index (χ1v) is 5.55. The van der Waals surface area contributed by atoms with Crippen molar-refractivity contribution in [2.24, 2.45) is 0 Å². The minimum atomic E-state index is -0.212. The number of carbonyl (C=O) groups is 1. The molecule has 1 amide bonds. The van der Waals surface area contributed by atoms with Crippen molar-refractivity contribution < 1.29 is 9.53 Å². The predicted molar refractivity (Wildman–Crippen MR) is 69.9 cm³/mol. The Balaban J connectivity index is 2.67. The van der Waals surface area contributed by atoms with Crippen LogP contribution in [0.2, 0.25) is 0 Å². The first-order chi connectivity index (χ1) is 7.90. The third-order valence-corrected chi connectivity index (χ3v) is 2.02. The normalized spacial score (nSPS) is 11.5. The number of hydrogen-bond donors (Lipinski definition) is 1. The summed E-state index contributed by atoms with van der Waals surface area (Å²) in [5.74, 6) is 0.684. The van der Waals surface area contributed by atoms with E-state index < -0.39 is 0 Å². The van der Waals surface area contributed by atoms with Crippen LogP contribution in [0, 0.1) is 0 Å². The van der Waals surface area contributed by atoms with E-state index in [2.05, 4.69) is 5.32 Å². The van der Waals surface area contributed by atoms with E-state index in [0.717, 1.165) is 11.3 Å². The topological polar surface area (TPSA) is 38.3 Å². The zero-order valence-corrected chi connectivity index (χ0v) is 10.8. The molecule has 0 radical (unpaired) electrons. The fourth-order valence-corrected chi connectivity index (χ4v) is 1.33. The highest BCUT2D eigenvalue weighted by molar-refractivity contribution is 5.92. The maximum absolute atomic E-state index is 11.6. The molecule has 0 aliphatic carbocycles. The smallest absolute Gasteiger partial charge is 0.244 e. The van der Waals surface area contributed by atoms with Crippen molar-refractivity contribution in [3.05, 3.63) is 35.9 Å². The molecule has 17 heavy (non-hydrogen) atoms. The van der Waals surface area contributed by atoms with E-state index in [1.807, 2.05) is 45.0 Å². The van der Waals surface area contributed by atoms with Crippen molar-refractivity contribution >= 4 is 12.0 Å². The average molecular weight is 233 g/mol. The standard InChI is InChI=1S/C14H19NO2/c1-14(2,3)15-13(16)9-8-11-6-5-7-12(10-11)17-4/h5-10H,1-4H3,(H,15,16)/b9-8+. The van der Waals surface area contributed by atoms with Crippen LogP contribution in [-0.2, 0) is 4.79 Å². The summed E-state index contributed by atoms with van der Waals surface area (Å²) in [5, 5.41) is 2.86. The van der Waals surface area contributed by atoms with Crippen LogP contribution in [0.15, 0.2) is 30.3 Å². The van der Waals surface area contributed by atoms with Crippen molar-refractivity contribution in [2.75, 3.05) is 7.11 Å². The third kappa shape index (κ3) is 5.20. The lowest BCUT2D eigenvalue weighted by Crippen LogP contribution is -2.39. The molecule has 92 valence electrons. The molecule has 0 bridgehead atoms. The quantitative estimate of drug-likeness (QED) is 0.815. The van der Waals surface area contributed by atoms with Crippen molar-refractivity contribution in [3.63, 3.8) is 0 Å². The molecule has 1 aromatic rings. The third-order valence-electron chi connectivity index (χ3n) is 2.02. The van der Waals surface area contributed by atoms with Gasteiger partial charge in [-0.3, -0.25) is 4.79 Å². The molecule has 0 heterocycles. The lowest BCUT2D eigenvalue weighted by molar-refractivity contribution is -0.117. The second-order valence-corrected chi connectivity index (χ2v) is 4.85. The van der Waals surface area contributed by atoms with Gasteiger partial charge in [0.1, 0.15) is 5.75 Å². The molecule has 3 nitrogen and oxygen atoms in total. The minimum absolute atomic E-state index is 0.0969. The summed E-state index contributed by atoms with van der Waals surface area (Å²) in [6, 6.07) is 7.55. The number of nitrogens with one attached hydrogen (secondary N) is 1. The zero-order valence-electron chi connectivity index (χ0n) is 10.8. The molecule has 0 atom stereocenters. The van der Waals surface area contributed by atoms with Gasteiger partial charge in [-0.1, -0.05) is 12.1 Å². The number of rotatable bonds is 3. The molecule has 3 heteroatoms. The Labute approximate surface area is 102 Å². The van der Waals surface area contributed by atoms with Crippen molar-refractivity contribution in [1.82, 2.24) is 5.32 Å². The number of ether oxygens (including phenoxy) is 1. The van der Waals surface area contributed by atoms with Gasteiger partial charge in [0, 0.05) is 11.6 Å². The molecule has 0 aromatic heterocycles. The molecule has 0 saturated heterocycles. The summed E-state index contributed by atoms with van der Waals surface area (Å²) < 4.78 is 5.11. The molecule has 1 aromatic carbocycles. The summed E-state index contributed by atoms with van der Waals surface area (Å²) >= 11 is 0. The maximum Gasteiger partial charge on any atom is 0.244 e. The molecular weight excluding hydrogens is 214 g/mol. The number of benzene rings is 1. The van der Waals surface area contributed by atoms with Crippen LogP contribution in [-0.4, -0.2) is 18.6 Å². The van der Waals surface area contributed by atoms with Gasteiger partial charge in [0.25, 0.3) is 0 Å². The number of methoxy groups -OCH3 is 1. The lowest BCUT2D eigenvalue weighted by atomic mass is 10.1. The van der Waals surface area contributed by atoms with Crippen LogP contribution in [0.1, 0.15) is 26.3 Å². The molecule has 0 unspecified atom stereocenters. The van der Waals surface area contributed by atoms with E-state index in [1.54, 1.807) is 13.2 Å². The molecule has 1 rings (SSSR count). The molecule has 0 fully saturated rings. The minimum Gasteiger partial charge on any atom is -0.497 e. The molecule has 1 N–H and O–H groups in total. The summed E-state index contributed by atoms with van der Waals surface area (Å²) in [7, 11) is 1.62. The summed E-state index contributed by atoms with van der Waals surface area (Å²) in [5.41, 5.74) is 0.726. The van der Waals surface area contributed by atoms with Crippen LogP contribution < -0.4 is 10.1 Å². The predicted octanol–water partition coefficient (Wildman–Crippen LogP) is 2.62. The highest BCUT2D eigenvalue weighted by Crippen LogP contribution is 2.13.